The van der Waals surface area contributed by atoms with Crippen LogP contribution in [0, 0.1) is 0 Å². The summed E-state index contributed by atoms with van der Waals surface area (Å²) in [6, 6.07) is 9.69. The minimum Gasteiger partial charge on any atom is -0.445 e. The fourth-order valence-corrected chi connectivity index (χ4v) is 3.24. The van der Waals surface area contributed by atoms with Gasteiger partial charge in [0.15, 0.2) is 6.23 Å². The van der Waals surface area contributed by atoms with Crippen LogP contribution in [0.25, 0.3) is 0 Å². The summed E-state index contributed by atoms with van der Waals surface area (Å²) in [6.07, 6.45) is -3.67. The van der Waals surface area contributed by atoms with Crippen molar-refractivity contribution in [3.05, 3.63) is 69.0 Å². The van der Waals surface area contributed by atoms with Gasteiger partial charge in [0.25, 0.3) is 5.56 Å². The Morgan fingerprint density at radius 3 is 2.78 bits per heavy atom. The molecule has 1 aliphatic heterocycles. The fraction of sp³-hybridized carbons (Fsp3) is 0.476. The predicted octanol–water partition coefficient (Wildman–Crippen LogP) is 0.141. The molecule has 2 heterocycles. The zero-order valence-corrected chi connectivity index (χ0v) is 17.5. The molecular formula is C21H27N3O8. The number of alkyl carbamates (subject to hydrolysis) is 1. The van der Waals surface area contributed by atoms with E-state index in [1.54, 1.807) is 0 Å². The van der Waals surface area contributed by atoms with Gasteiger partial charge in [-0.1, -0.05) is 30.3 Å². The molecule has 0 radical (unpaired) electrons. The Balaban J connectivity index is 1.64. The van der Waals surface area contributed by atoms with Crippen molar-refractivity contribution < 1.29 is 30.2 Å². The van der Waals surface area contributed by atoms with E-state index in [4.69, 9.17) is 20.3 Å². The second kappa shape index (κ2) is 11.0. The van der Waals surface area contributed by atoms with E-state index in [0.717, 1.165) is 16.2 Å². The Hall–Kier alpha value is -2.99. The van der Waals surface area contributed by atoms with Gasteiger partial charge in [-0.15, -0.1) is 0 Å². The molecule has 2 unspecified atom stereocenters. The van der Waals surface area contributed by atoms with Crippen molar-refractivity contribution in [1.29, 1.82) is 0 Å². The molecule has 1 amide bonds. The number of H-pyrrole nitrogens is 1. The summed E-state index contributed by atoms with van der Waals surface area (Å²) in [5.74, 6) is 0. The summed E-state index contributed by atoms with van der Waals surface area (Å²) < 4.78 is 30.4. The summed E-state index contributed by atoms with van der Waals surface area (Å²) in [5.41, 5.74) is -0.494. The van der Waals surface area contributed by atoms with E-state index in [1.807, 2.05) is 30.3 Å². The lowest BCUT2D eigenvalue weighted by Crippen LogP contribution is -2.45. The number of carbonyl (C=O) groups is 1. The quantitative estimate of drug-likeness (QED) is 0.490. The SMILES string of the molecule is [2H]C[C@H]1O[C@@H](n2ccc(=O)[nH]c2=O)[C@@H](OCC(COC)NC(=O)OCc2ccccc2)C1O. The summed E-state index contributed by atoms with van der Waals surface area (Å²) in [6.45, 7) is -0.181. The smallest absolute Gasteiger partial charge is 0.407 e. The maximum Gasteiger partial charge on any atom is 0.407 e. The van der Waals surface area contributed by atoms with Crippen LogP contribution in [0.1, 0.15) is 20.1 Å². The zero-order valence-electron chi connectivity index (χ0n) is 18.5. The predicted molar refractivity (Wildman–Crippen MR) is 112 cm³/mol. The van der Waals surface area contributed by atoms with E-state index < -0.39 is 47.9 Å². The minimum absolute atomic E-state index is 0.0881. The van der Waals surface area contributed by atoms with Gasteiger partial charge in [-0.2, -0.15) is 0 Å². The van der Waals surface area contributed by atoms with Crippen LogP contribution in [0.3, 0.4) is 0 Å². The van der Waals surface area contributed by atoms with Gasteiger partial charge in [-0.3, -0.25) is 14.3 Å². The number of carbonyl (C=O) groups excluding carboxylic acids is 1. The van der Waals surface area contributed by atoms with Gasteiger partial charge in [0.2, 0.25) is 0 Å². The number of aliphatic hydroxyl groups excluding tert-OH is 1. The topological polar surface area (TPSA) is 141 Å². The highest BCUT2D eigenvalue weighted by Gasteiger charge is 2.44. The van der Waals surface area contributed by atoms with Gasteiger partial charge in [-0.05, 0) is 12.5 Å². The van der Waals surface area contributed by atoms with E-state index in [1.165, 1.54) is 13.3 Å². The Bertz CT molecular complexity index is 1010. The van der Waals surface area contributed by atoms with Gasteiger partial charge >= 0.3 is 11.8 Å². The first-order valence-electron chi connectivity index (χ1n) is 10.7. The first kappa shape index (κ1) is 22.2. The first-order valence-corrected chi connectivity index (χ1v) is 9.95. The molecule has 1 saturated heterocycles. The molecule has 1 fully saturated rings. The molecule has 0 saturated carbocycles. The largest absolute Gasteiger partial charge is 0.445 e. The number of hydrogen-bond acceptors (Lipinski definition) is 8. The van der Waals surface area contributed by atoms with E-state index in [-0.39, 0.29) is 26.7 Å². The number of methoxy groups -OCH3 is 1. The summed E-state index contributed by atoms with van der Waals surface area (Å²) in [7, 11) is 1.45. The molecule has 3 rings (SSSR count). The number of nitrogens with one attached hydrogen (secondary N) is 2. The number of aromatic amines is 1. The molecule has 0 aliphatic carbocycles. The molecule has 11 nitrogen and oxygen atoms in total. The lowest BCUT2D eigenvalue weighted by atomic mass is 10.1. The van der Waals surface area contributed by atoms with Crippen molar-refractivity contribution >= 4 is 6.09 Å². The molecule has 2 aromatic rings. The van der Waals surface area contributed by atoms with E-state index in [9.17, 15) is 19.5 Å². The molecule has 0 bridgehead atoms. The van der Waals surface area contributed by atoms with Gasteiger partial charge in [0.05, 0.1) is 25.4 Å². The number of benzene rings is 1. The minimum atomic E-state index is -1.21. The Morgan fingerprint density at radius 2 is 2.09 bits per heavy atom. The third-order valence-electron chi connectivity index (χ3n) is 4.83. The van der Waals surface area contributed by atoms with Gasteiger partial charge in [-0.25, -0.2) is 9.59 Å². The van der Waals surface area contributed by atoms with Gasteiger partial charge in [0.1, 0.15) is 18.8 Å². The Morgan fingerprint density at radius 1 is 1.31 bits per heavy atom. The lowest BCUT2D eigenvalue weighted by Gasteiger charge is -2.25. The number of nitrogens with zero attached hydrogens (tertiary/aromatic N) is 1. The number of aliphatic hydroxyl groups is 1. The maximum atomic E-state index is 12.2. The molecule has 11 heteroatoms. The summed E-state index contributed by atoms with van der Waals surface area (Å²) in [5, 5.41) is 13.2. The summed E-state index contributed by atoms with van der Waals surface area (Å²) >= 11 is 0. The molecule has 32 heavy (non-hydrogen) atoms. The molecule has 1 aromatic carbocycles. The number of amides is 1. The highest BCUT2D eigenvalue weighted by Crippen LogP contribution is 2.30. The van der Waals surface area contributed by atoms with Crippen LogP contribution in [0.2, 0.25) is 0 Å². The van der Waals surface area contributed by atoms with Crippen molar-refractivity contribution in [2.24, 2.45) is 0 Å². The Labute approximate surface area is 185 Å². The first-order chi connectivity index (χ1) is 15.9. The molecule has 1 aliphatic rings. The third-order valence-corrected chi connectivity index (χ3v) is 4.83. The monoisotopic (exact) mass is 450 g/mol. The molecule has 1 aromatic heterocycles. The summed E-state index contributed by atoms with van der Waals surface area (Å²) in [4.78, 5) is 37.9. The van der Waals surface area contributed by atoms with Crippen molar-refractivity contribution in [2.75, 3.05) is 20.3 Å². The number of hydrogen-bond donors (Lipinski definition) is 3. The van der Waals surface area contributed by atoms with Gasteiger partial charge in [0, 0.05) is 20.7 Å². The van der Waals surface area contributed by atoms with E-state index >= 15 is 0 Å². The number of rotatable bonds is 9. The van der Waals surface area contributed by atoms with Crippen LogP contribution >= 0.6 is 0 Å². The average Bonchev–Trinajstić information content (AvgIpc) is 3.12. The van der Waals surface area contributed by atoms with Crippen LogP contribution in [0.4, 0.5) is 4.79 Å². The van der Waals surface area contributed by atoms with Crippen LogP contribution < -0.4 is 16.6 Å². The number of aromatic nitrogens is 2. The molecule has 0 spiro atoms. The fourth-order valence-electron chi connectivity index (χ4n) is 3.24. The van der Waals surface area contributed by atoms with E-state index in [0.29, 0.717) is 0 Å². The van der Waals surface area contributed by atoms with Crippen molar-refractivity contribution in [3.8, 4) is 0 Å². The van der Waals surface area contributed by atoms with Crippen LogP contribution in [-0.2, 0) is 25.6 Å². The average molecular weight is 450 g/mol. The molecule has 3 N–H and O–H groups in total. The highest BCUT2D eigenvalue weighted by molar-refractivity contribution is 5.67. The van der Waals surface area contributed by atoms with Crippen LogP contribution in [-0.4, -0.2) is 65.4 Å². The van der Waals surface area contributed by atoms with Crippen molar-refractivity contribution in [3.63, 3.8) is 0 Å². The standard InChI is InChI=1S/C21H27N3O8/c1-13-17(26)18(19(32-13)24-9-8-16(25)23-20(24)27)30-12-15(11-29-2)22-21(28)31-10-14-6-4-3-5-7-14/h3-9,13,15,17-19,26H,10-12H2,1-2H3,(H,22,28)(H,23,25,27)/t13-,15?,17?,18+,19-/m1/s1/i1D. The van der Waals surface area contributed by atoms with Crippen molar-refractivity contribution in [2.45, 2.75) is 44.1 Å². The van der Waals surface area contributed by atoms with Crippen LogP contribution in [0.5, 0.6) is 0 Å². The molecule has 174 valence electrons. The normalized spacial score (nSPS) is 24.0. The molecular weight excluding hydrogens is 422 g/mol. The van der Waals surface area contributed by atoms with Crippen LogP contribution in [0.15, 0.2) is 52.2 Å². The lowest BCUT2D eigenvalue weighted by molar-refractivity contribution is -0.0778. The second-order valence-corrected chi connectivity index (χ2v) is 7.23. The van der Waals surface area contributed by atoms with Gasteiger partial charge < -0.3 is 29.4 Å². The van der Waals surface area contributed by atoms with Crippen molar-refractivity contribution in [1.82, 2.24) is 14.9 Å². The second-order valence-electron chi connectivity index (χ2n) is 7.23. The zero-order chi connectivity index (χ0) is 23.8. The third kappa shape index (κ3) is 6.04. The molecule has 5 atom stereocenters. The highest BCUT2D eigenvalue weighted by atomic mass is 16.6. The number of ether oxygens (including phenoxy) is 4. The van der Waals surface area contributed by atoms with E-state index in [2.05, 4.69) is 10.3 Å². The Kier molecular flexibility index (Phi) is 7.67. The maximum absolute atomic E-state index is 12.2.